The summed E-state index contributed by atoms with van der Waals surface area (Å²) in [5, 5.41) is 8.80. The zero-order valence-electron chi connectivity index (χ0n) is 17.7. The number of hydrogen-bond acceptors (Lipinski definition) is 5. The molecule has 0 unspecified atom stereocenters. The Kier molecular flexibility index (Phi) is 8.05. The summed E-state index contributed by atoms with van der Waals surface area (Å²) in [5.41, 5.74) is 1.09. The Morgan fingerprint density at radius 2 is 1.50 bits per heavy atom. The van der Waals surface area contributed by atoms with Crippen molar-refractivity contribution in [3.63, 3.8) is 0 Å². The quantitative estimate of drug-likeness (QED) is 0.327. The highest BCUT2D eigenvalue weighted by atomic mass is 16.5. The molecule has 1 aliphatic heterocycles. The maximum atomic E-state index is 12.4. The van der Waals surface area contributed by atoms with Crippen LogP contribution in [0.1, 0.15) is 18.4 Å². The minimum Gasteiger partial charge on any atom is -0.495 e. The molecule has 0 saturated carbocycles. The van der Waals surface area contributed by atoms with Gasteiger partial charge in [-0.15, -0.1) is 0 Å². The summed E-state index contributed by atoms with van der Waals surface area (Å²) >= 11 is 0. The second kappa shape index (κ2) is 11.4. The Balaban J connectivity index is 1.34. The molecule has 164 valence electrons. The molecule has 3 rings (SSSR count). The number of hydrogen-bond donors (Lipinski definition) is 0. The summed E-state index contributed by atoms with van der Waals surface area (Å²) in [6.07, 6.45) is 1.20. The lowest BCUT2D eigenvalue weighted by Crippen LogP contribution is -2.54. The number of piperazine rings is 1. The average molecular weight is 432 g/mol. The average Bonchev–Trinajstić information content (AvgIpc) is 2.83. The van der Waals surface area contributed by atoms with E-state index in [9.17, 15) is 9.59 Å². The van der Waals surface area contributed by atoms with E-state index in [4.69, 9.17) is 21.3 Å². The molecule has 0 N–H and O–H groups in total. The molecule has 2 aromatic rings. The molecule has 0 aliphatic carbocycles. The number of amides is 2. The van der Waals surface area contributed by atoms with Crippen molar-refractivity contribution in [3.05, 3.63) is 65.5 Å². The lowest BCUT2D eigenvalue weighted by atomic mass is 10.2. The summed E-state index contributed by atoms with van der Waals surface area (Å²) in [4.78, 5) is 31.3. The number of nitriles is 1. The summed E-state index contributed by atoms with van der Waals surface area (Å²) in [6.45, 7) is 9.73. The molecule has 2 amide bonds. The minimum atomic E-state index is -0.487. The Labute approximate surface area is 187 Å². The van der Waals surface area contributed by atoms with E-state index in [1.54, 1.807) is 58.3 Å². The van der Waals surface area contributed by atoms with Gasteiger partial charge in [0, 0.05) is 26.2 Å². The van der Waals surface area contributed by atoms with Gasteiger partial charge < -0.3 is 19.3 Å². The van der Waals surface area contributed by atoms with Gasteiger partial charge in [-0.2, -0.15) is 5.26 Å². The molecule has 32 heavy (non-hydrogen) atoms. The summed E-state index contributed by atoms with van der Waals surface area (Å²) in [7, 11) is 0. The van der Waals surface area contributed by atoms with Gasteiger partial charge in [-0.1, -0.05) is 12.1 Å². The molecule has 0 aromatic heterocycles. The standard InChI is InChI=1S/C24H24N4O4/c1-26-20-5-2-6-22(17-20)32-16-4-12-28-14-13-27(23(29)24(28)30)11-3-15-31-21-9-7-19(18-25)8-10-21/h2,5-10,17H,3-4,11-16H2. The van der Waals surface area contributed by atoms with E-state index >= 15 is 0 Å². The molecular formula is C24H24N4O4. The lowest BCUT2D eigenvalue weighted by Gasteiger charge is -2.33. The van der Waals surface area contributed by atoms with Gasteiger partial charge in [0.25, 0.3) is 0 Å². The van der Waals surface area contributed by atoms with E-state index in [0.717, 1.165) is 0 Å². The van der Waals surface area contributed by atoms with Crippen molar-refractivity contribution in [1.29, 1.82) is 5.26 Å². The van der Waals surface area contributed by atoms with Gasteiger partial charge in [-0.05, 0) is 49.2 Å². The van der Waals surface area contributed by atoms with E-state index < -0.39 is 11.8 Å². The third-order valence-corrected chi connectivity index (χ3v) is 5.01. The van der Waals surface area contributed by atoms with Gasteiger partial charge in [0.1, 0.15) is 11.5 Å². The first-order chi connectivity index (χ1) is 15.6. The van der Waals surface area contributed by atoms with Crippen LogP contribution in [-0.4, -0.2) is 61.0 Å². The van der Waals surface area contributed by atoms with Crippen LogP contribution in [0.5, 0.6) is 11.5 Å². The van der Waals surface area contributed by atoms with Crippen LogP contribution in [0.4, 0.5) is 5.69 Å². The van der Waals surface area contributed by atoms with E-state index in [1.807, 2.05) is 0 Å². The highest BCUT2D eigenvalue weighted by Gasteiger charge is 2.31. The number of rotatable bonds is 10. The molecule has 1 saturated heterocycles. The normalized spacial score (nSPS) is 13.4. The van der Waals surface area contributed by atoms with E-state index in [0.29, 0.717) is 75.0 Å². The molecule has 0 atom stereocenters. The second-order valence-corrected chi connectivity index (χ2v) is 7.23. The minimum absolute atomic E-state index is 0.399. The Morgan fingerprint density at radius 1 is 0.906 bits per heavy atom. The monoisotopic (exact) mass is 432 g/mol. The van der Waals surface area contributed by atoms with E-state index in [1.165, 1.54) is 0 Å². The smallest absolute Gasteiger partial charge is 0.312 e. The lowest BCUT2D eigenvalue weighted by molar-refractivity contribution is -0.156. The van der Waals surface area contributed by atoms with Crippen LogP contribution in [0, 0.1) is 17.9 Å². The van der Waals surface area contributed by atoms with Gasteiger partial charge in [0.2, 0.25) is 0 Å². The molecule has 2 aromatic carbocycles. The predicted molar refractivity (Wildman–Crippen MR) is 117 cm³/mol. The fourth-order valence-corrected chi connectivity index (χ4v) is 3.30. The summed E-state index contributed by atoms with van der Waals surface area (Å²) in [6, 6.07) is 15.8. The van der Waals surface area contributed by atoms with Crippen LogP contribution < -0.4 is 9.47 Å². The second-order valence-electron chi connectivity index (χ2n) is 7.23. The molecule has 0 spiro atoms. The third kappa shape index (κ3) is 6.23. The fraction of sp³-hybridized carbons (Fsp3) is 0.333. The van der Waals surface area contributed by atoms with E-state index in [2.05, 4.69) is 10.9 Å². The van der Waals surface area contributed by atoms with Gasteiger partial charge in [0.15, 0.2) is 5.69 Å². The summed E-state index contributed by atoms with van der Waals surface area (Å²) in [5.74, 6) is 0.313. The Morgan fingerprint density at radius 3 is 2.06 bits per heavy atom. The number of ether oxygens (including phenoxy) is 2. The largest absolute Gasteiger partial charge is 0.495 e. The first-order valence-corrected chi connectivity index (χ1v) is 10.4. The van der Waals surface area contributed by atoms with E-state index in [-0.39, 0.29) is 0 Å². The SMILES string of the molecule is [C-]#[N+]c1cccc(OCCCN2CCN(CCCOc3ccc(C#N)cc3)C(=O)C2=O)c1. The topological polar surface area (TPSA) is 87.2 Å². The molecular weight excluding hydrogens is 408 g/mol. The first kappa shape index (κ1) is 22.6. The molecule has 0 bridgehead atoms. The van der Waals surface area contributed by atoms with Crippen LogP contribution in [0.25, 0.3) is 4.85 Å². The maximum absolute atomic E-state index is 12.4. The van der Waals surface area contributed by atoms with Gasteiger partial charge >= 0.3 is 11.8 Å². The Hall–Kier alpha value is -4.04. The van der Waals surface area contributed by atoms with Crippen molar-refractivity contribution in [2.45, 2.75) is 12.8 Å². The van der Waals surface area contributed by atoms with Crippen molar-refractivity contribution in [3.8, 4) is 17.6 Å². The van der Waals surface area contributed by atoms with Gasteiger partial charge in [-0.3, -0.25) is 9.59 Å². The highest BCUT2D eigenvalue weighted by Crippen LogP contribution is 2.20. The molecule has 1 fully saturated rings. The van der Waals surface area contributed by atoms with Crippen LogP contribution in [0.15, 0.2) is 48.5 Å². The van der Waals surface area contributed by atoms with Crippen LogP contribution >= 0.6 is 0 Å². The van der Waals surface area contributed by atoms with Gasteiger partial charge in [0.05, 0.1) is 31.4 Å². The zero-order valence-corrected chi connectivity index (χ0v) is 17.7. The van der Waals surface area contributed by atoms with Crippen LogP contribution in [-0.2, 0) is 9.59 Å². The molecule has 8 heteroatoms. The molecule has 1 heterocycles. The van der Waals surface area contributed by atoms with Crippen molar-refractivity contribution < 1.29 is 19.1 Å². The molecule has 8 nitrogen and oxygen atoms in total. The van der Waals surface area contributed by atoms with Crippen molar-refractivity contribution >= 4 is 17.5 Å². The predicted octanol–water partition coefficient (Wildman–Crippen LogP) is 3.02. The van der Waals surface area contributed by atoms with Crippen molar-refractivity contribution in [2.75, 3.05) is 39.4 Å². The third-order valence-electron chi connectivity index (χ3n) is 5.01. The van der Waals surface area contributed by atoms with Crippen LogP contribution in [0.2, 0.25) is 0 Å². The summed E-state index contributed by atoms with van der Waals surface area (Å²) < 4.78 is 11.3. The maximum Gasteiger partial charge on any atom is 0.312 e. The Bertz CT molecular complexity index is 1020. The number of carbonyl (C=O) groups is 2. The molecule has 1 aliphatic rings. The fourth-order valence-electron chi connectivity index (χ4n) is 3.30. The first-order valence-electron chi connectivity index (χ1n) is 10.4. The number of benzene rings is 2. The zero-order chi connectivity index (χ0) is 22.8. The van der Waals surface area contributed by atoms with Crippen LogP contribution in [0.3, 0.4) is 0 Å². The number of nitrogens with zero attached hydrogens (tertiary/aromatic N) is 4. The van der Waals surface area contributed by atoms with Gasteiger partial charge in [-0.25, -0.2) is 4.85 Å². The highest BCUT2D eigenvalue weighted by molar-refractivity contribution is 6.35. The van der Waals surface area contributed by atoms with Crippen molar-refractivity contribution in [1.82, 2.24) is 9.80 Å². The molecule has 0 radical (unpaired) electrons. The number of carbonyl (C=O) groups excluding carboxylic acids is 2. The van der Waals surface area contributed by atoms with Crippen molar-refractivity contribution in [2.24, 2.45) is 0 Å².